The van der Waals surface area contributed by atoms with E-state index in [4.69, 9.17) is 5.11 Å². The summed E-state index contributed by atoms with van der Waals surface area (Å²) in [5, 5.41) is 8.83. The molecule has 1 aromatic heterocycles. The molecule has 2 rings (SSSR count). The molecule has 0 unspecified atom stereocenters. The summed E-state index contributed by atoms with van der Waals surface area (Å²) >= 11 is 1.21. The van der Waals surface area contributed by atoms with Crippen LogP contribution in [0.3, 0.4) is 0 Å². The molecule has 1 aliphatic rings. The first-order chi connectivity index (χ1) is 9.33. The van der Waals surface area contributed by atoms with E-state index in [1.807, 2.05) is 4.90 Å². The first-order valence-electron chi connectivity index (χ1n) is 6.17. The molecule has 8 heteroatoms. The van der Waals surface area contributed by atoms with Crippen molar-refractivity contribution in [1.82, 2.24) is 9.80 Å². The molecule has 2 heterocycles. The van der Waals surface area contributed by atoms with Crippen molar-refractivity contribution >= 4 is 17.3 Å². The zero-order valence-corrected chi connectivity index (χ0v) is 11.5. The minimum Gasteiger partial charge on any atom is -0.477 e. The van der Waals surface area contributed by atoms with Gasteiger partial charge in [-0.05, 0) is 12.1 Å². The number of aromatic carboxylic acids is 1. The van der Waals surface area contributed by atoms with E-state index in [2.05, 4.69) is 0 Å². The van der Waals surface area contributed by atoms with E-state index >= 15 is 0 Å². The number of piperazine rings is 1. The van der Waals surface area contributed by atoms with Crippen LogP contribution < -0.4 is 0 Å². The molecule has 20 heavy (non-hydrogen) atoms. The van der Waals surface area contributed by atoms with Gasteiger partial charge in [-0.25, -0.2) is 4.79 Å². The third-order valence-corrected chi connectivity index (χ3v) is 4.18. The summed E-state index contributed by atoms with van der Waals surface area (Å²) in [6, 6.07) is 3.32. The number of nitrogens with zero attached hydrogens (tertiary/aromatic N) is 2. The highest BCUT2D eigenvalue weighted by molar-refractivity contribution is 7.13. The van der Waals surface area contributed by atoms with Crippen molar-refractivity contribution in [1.29, 1.82) is 0 Å². The molecule has 1 N–H and O–H groups in total. The van der Waals surface area contributed by atoms with Crippen molar-refractivity contribution in [3.8, 4) is 0 Å². The molecule has 1 aliphatic heterocycles. The molecule has 0 aliphatic carbocycles. The van der Waals surface area contributed by atoms with Gasteiger partial charge in [0.15, 0.2) is 0 Å². The number of thiophene rings is 1. The summed E-state index contributed by atoms with van der Waals surface area (Å²) in [6.45, 7) is 1.64. The smallest absolute Gasteiger partial charge is 0.401 e. The largest absolute Gasteiger partial charge is 0.477 e. The van der Waals surface area contributed by atoms with Crippen LogP contribution in [-0.2, 0) is 6.54 Å². The first-order valence-corrected chi connectivity index (χ1v) is 6.98. The van der Waals surface area contributed by atoms with Crippen LogP contribution >= 0.6 is 11.3 Å². The van der Waals surface area contributed by atoms with E-state index in [-0.39, 0.29) is 4.88 Å². The summed E-state index contributed by atoms with van der Waals surface area (Å²) in [7, 11) is 0. The molecule has 1 aromatic rings. The minimum atomic E-state index is -4.15. The van der Waals surface area contributed by atoms with E-state index in [1.165, 1.54) is 16.2 Å². The Hall–Kier alpha value is -1.12. The predicted molar refractivity (Wildman–Crippen MR) is 69.1 cm³/mol. The molecule has 1 fully saturated rings. The number of rotatable bonds is 4. The maximum Gasteiger partial charge on any atom is 0.401 e. The van der Waals surface area contributed by atoms with E-state index in [9.17, 15) is 18.0 Å². The van der Waals surface area contributed by atoms with Crippen LogP contribution in [0.1, 0.15) is 14.5 Å². The highest BCUT2D eigenvalue weighted by atomic mass is 32.1. The Labute approximate surface area is 118 Å². The second-order valence-corrected chi connectivity index (χ2v) is 5.91. The van der Waals surface area contributed by atoms with Crippen LogP contribution in [0.15, 0.2) is 12.1 Å². The third kappa shape index (κ3) is 4.46. The van der Waals surface area contributed by atoms with Crippen LogP contribution in [0.4, 0.5) is 13.2 Å². The fraction of sp³-hybridized carbons (Fsp3) is 0.583. The molecule has 1 saturated heterocycles. The number of carbonyl (C=O) groups is 1. The topological polar surface area (TPSA) is 43.8 Å². The van der Waals surface area contributed by atoms with Crippen LogP contribution in [-0.4, -0.2) is 59.8 Å². The van der Waals surface area contributed by atoms with Gasteiger partial charge in [0.2, 0.25) is 0 Å². The number of carboxylic acid groups (broad SMARTS) is 1. The van der Waals surface area contributed by atoms with Gasteiger partial charge in [0.1, 0.15) is 4.88 Å². The van der Waals surface area contributed by atoms with Gasteiger partial charge in [-0.1, -0.05) is 0 Å². The van der Waals surface area contributed by atoms with E-state index in [1.54, 1.807) is 12.1 Å². The summed E-state index contributed by atoms with van der Waals surface area (Å²) < 4.78 is 36.8. The summed E-state index contributed by atoms with van der Waals surface area (Å²) in [5.74, 6) is -0.948. The van der Waals surface area contributed by atoms with Gasteiger partial charge < -0.3 is 5.11 Å². The third-order valence-electron chi connectivity index (χ3n) is 3.12. The Bertz CT molecular complexity index is 468. The normalized spacial score (nSPS) is 18.4. The number of carboxylic acids is 1. The fourth-order valence-corrected chi connectivity index (χ4v) is 3.05. The zero-order chi connectivity index (χ0) is 14.8. The number of hydrogen-bond acceptors (Lipinski definition) is 4. The lowest BCUT2D eigenvalue weighted by molar-refractivity contribution is -0.149. The molecule has 0 saturated carbocycles. The first kappa shape index (κ1) is 15.3. The maximum absolute atomic E-state index is 12.3. The molecular weight excluding hydrogens is 293 g/mol. The van der Waals surface area contributed by atoms with Crippen LogP contribution in [0.2, 0.25) is 0 Å². The standard InChI is InChI=1S/C12H15F3N2O2S/c13-12(14,15)8-17-5-3-16(4-6-17)7-9-1-2-10(20-9)11(18)19/h1-2H,3-8H2,(H,18,19). The van der Waals surface area contributed by atoms with Crippen molar-refractivity contribution in [3.63, 3.8) is 0 Å². The van der Waals surface area contributed by atoms with Gasteiger partial charge in [0, 0.05) is 37.6 Å². The van der Waals surface area contributed by atoms with Crippen LogP contribution in [0.5, 0.6) is 0 Å². The number of halogens is 3. The van der Waals surface area contributed by atoms with Crippen molar-refractivity contribution in [2.24, 2.45) is 0 Å². The van der Waals surface area contributed by atoms with Gasteiger partial charge in [-0.2, -0.15) is 13.2 Å². The van der Waals surface area contributed by atoms with Gasteiger partial charge in [0.05, 0.1) is 6.54 Å². The molecule has 0 radical (unpaired) electrons. The SMILES string of the molecule is O=C(O)c1ccc(CN2CCN(CC(F)(F)F)CC2)s1. The Morgan fingerprint density at radius 2 is 1.80 bits per heavy atom. The molecule has 0 spiro atoms. The van der Waals surface area contributed by atoms with E-state index in [0.717, 1.165) is 4.88 Å². The lowest BCUT2D eigenvalue weighted by atomic mass is 10.3. The van der Waals surface area contributed by atoms with Crippen molar-refractivity contribution < 1.29 is 23.1 Å². The van der Waals surface area contributed by atoms with Gasteiger partial charge in [0.25, 0.3) is 0 Å². The fourth-order valence-electron chi connectivity index (χ4n) is 2.16. The molecule has 0 atom stereocenters. The zero-order valence-electron chi connectivity index (χ0n) is 10.7. The van der Waals surface area contributed by atoms with E-state index < -0.39 is 18.7 Å². The Balaban J connectivity index is 1.80. The summed E-state index contributed by atoms with van der Waals surface area (Å²) in [5.41, 5.74) is 0. The van der Waals surface area contributed by atoms with Gasteiger partial charge in [-0.3, -0.25) is 9.80 Å². The van der Waals surface area contributed by atoms with Crippen LogP contribution in [0, 0.1) is 0 Å². The van der Waals surface area contributed by atoms with Crippen molar-refractivity contribution in [2.45, 2.75) is 12.7 Å². The second kappa shape index (κ2) is 6.11. The summed E-state index contributed by atoms with van der Waals surface area (Å²) in [6.07, 6.45) is -4.15. The van der Waals surface area contributed by atoms with Crippen molar-refractivity contribution in [3.05, 3.63) is 21.9 Å². The lowest BCUT2D eigenvalue weighted by Crippen LogP contribution is -2.48. The second-order valence-electron chi connectivity index (χ2n) is 4.74. The molecule has 0 aromatic carbocycles. The molecule has 4 nitrogen and oxygen atoms in total. The Morgan fingerprint density at radius 1 is 1.20 bits per heavy atom. The molecular formula is C12H15F3N2O2S. The van der Waals surface area contributed by atoms with E-state index in [0.29, 0.717) is 32.7 Å². The number of hydrogen-bond donors (Lipinski definition) is 1. The highest BCUT2D eigenvalue weighted by Crippen LogP contribution is 2.20. The maximum atomic E-state index is 12.3. The Kier molecular flexibility index (Phi) is 4.66. The Morgan fingerprint density at radius 3 is 2.30 bits per heavy atom. The van der Waals surface area contributed by atoms with Gasteiger partial charge >= 0.3 is 12.1 Å². The average molecular weight is 308 g/mol. The summed E-state index contributed by atoms with van der Waals surface area (Å²) in [4.78, 5) is 15.4. The predicted octanol–water partition coefficient (Wildman–Crippen LogP) is 2.13. The quantitative estimate of drug-likeness (QED) is 0.925. The lowest BCUT2D eigenvalue weighted by Gasteiger charge is -2.34. The number of alkyl halides is 3. The highest BCUT2D eigenvalue weighted by Gasteiger charge is 2.32. The van der Waals surface area contributed by atoms with Crippen molar-refractivity contribution in [2.75, 3.05) is 32.7 Å². The monoisotopic (exact) mass is 308 g/mol. The average Bonchev–Trinajstić information content (AvgIpc) is 2.78. The molecule has 0 amide bonds. The molecule has 0 bridgehead atoms. The molecule has 112 valence electrons. The van der Waals surface area contributed by atoms with Crippen LogP contribution in [0.25, 0.3) is 0 Å². The minimum absolute atomic E-state index is 0.288. The van der Waals surface area contributed by atoms with Gasteiger partial charge in [-0.15, -0.1) is 11.3 Å².